The molecule has 1 aromatic carbocycles. The molecular weight excluding hydrogens is 282 g/mol. The van der Waals surface area contributed by atoms with Crippen molar-refractivity contribution >= 4 is 11.8 Å². The molecule has 0 aliphatic rings. The Morgan fingerprint density at radius 1 is 1.05 bits per heavy atom. The van der Waals surface area contributed by atoms with Crippen molar-refractivity contribution in [1.29, 1.82) is 0 Å². The van der Waals surface area contributed by atoms with Gasteiger partial charge in [0.25, 0.3) is 0 Å². The monoisotopic (exact) mass is 299 g/mol. The van der Waals surface area contributed by atoms with Gasteiger partial charge in [-0.05, 0) is 18.1 Å². The third-order valence-corrected chi connectivity index (χ3v) is 3.20. The maximum Gasteiger partial charge on any atom is 0.340 e. The third kappa shape index (κ3) is 3.91. The zero-order chi connectivity index (χ0) is 15.9. The van der Waals surface area contributed by atoms with Crippen LogP contribution in [0.2, 0.25) is 0 Å². The van der Waals surface area contributed by atoms with E-state index < -0.39 is 5.97 Å². The summed E-state index contributed by atoms with van der Waals surface area (Å²) in [5, 5.41) is 0. The fourth-order valence-corrected chi connectivity index (χ4v) is 1.85. The molecule has 5 heteroatoms. The molecule has 0 bridgehead atoms. The number of carbonyl (C=O) groups excluding carboxylic acids is 2. The first-order chi connectivity index (χ1) is 10.6. The number of aryl methyl sites for hydroxylation is 1. The van der Waals surface area contributed by atoms with Crippen LogP contribution in [0.15, 0.2) is 42.6 Å². The van der Waals surface area contributed by atoms with Crippen molar-refractivity contribution in [3.63, 3.8) is 0 Å². The summed E-state index contributed by atoms with van der Waals surface area (Å²) in [6.45, 7) is 1.75. The lowest BCUT2D eigenvalue weighted by Crippen LogP contribution is -2.14. The second kappa shape index (κ2) is 7.36. The lowest BCUT2D eigenvalue weighted by molar-refractivity contribution is 0.0474. The summed E-state index contributed by atoms with van der Waals surface area (Å²) < 4.78 is 9.91. The van der Waals surface area contributed by atoms with Crippen molar-refractivity contribution in [2.45, 2.75) is 13.3 Å². The molecule has 2 aromatic rings. The third-order valence-electron chi connectivity index (χ3n) is 3.20. The maximum absolute atomic E-state index is 12.0. The van der Waals surface area contributed by atoms with Crippen LogP contribution in [-0.2, 0) is 11.2 Å². The van der Waals surface area contributed by atoms with Gasteiger partial charge in [0.2, 0.25) is 5.88 Å². The molecule has 0 N–H and O–H groups in total. The Morgan fingerprint density at radius 2 is 1.73 bits per heavy atom. The van der Waals surface area contributed by atoms with Crippen LogP contribution < -0.4 is 4.74 Å². The van der Waals surface area contributed by atoms with Crippen LogP contribution in [0.1, 0.15) is 33.2 Å². The number of hydrogen-bond acceptors (Lipinski definition) is 5. The van der Waals surface area contributed by atoms with E-state index in [9.17, 15) is 9.59 Å². The van der Waals surface area contributed by atoms with E-state index in [2.05, 4.69) is 4.98 Å². The Morgan fingerprint density at radius 3 is 2.27 bits per heavy atom. The van der Waals surface area contributed by atoms with E-state index in [1.54, 1.807) is 18.2 Å². The van der Waals surface area contributed by atoms with E-state index in [4.69, 9.17) is 9.47 Å². The predicted octanol–water partition coefficient (Wildman–Crippen LogP) is 2.69. The average Bonchev–Trinajstić information content (AvgIpc) is 2.59. The standard InChI is InChI=1S/C17H17NO4/c1-3-12-4-6-13(7-5-12)15(19)11-22-17(20)14-8-9-16(21-2)18-10-14/h4-10H,3,11H2,1-2H3. The number of methoxy groups -OCH3 is 1. The molecule has 0 unspecified atom stereocenters. The van der Waals surface area contributed by atoms with Gasteiger partial charge >= 0.3 is 5.97 Å². The molecule has 1 aromatic heterocycles. The van der Waals surface area contributed by atoms with E-state index >= 15 is 0 Å². The van der Waals surface area contributed by atoms with Crippen LogP contribution >= 0.6 is 0 Å². The zero-order valence-corrected chi connectivity index (χ0v) is 12.5. The highest BCUT2D eigenvalue weighted by molar-refractivity contribution is 5.99. The molecule has 0 atom stereocenters. The van der Waals surface area contributed by atoms with Crippen molar-refractivity contribution in [2.24, 2.45) is 0 Å². The van der Waals surface area contributed by atoms with Crippen LogP contribution in [0, 0.1) is 0 Å². The number of carbonyl (C=O) groups is 2. The molecule has 0 saturated carbocycles. The zero-order valence-electron chi connectivity index (χ0n) is 12.5. The Balaban J connectivity index is 1.92. The minimum Gasteiger partial charge on any atom is -0.481 e. The summed E-state index contributed by atoms with van der Waals surface area (Å²) in [5.74, 6) is -0.421. The number of ether oxygens (including phenoxy) is 2. The van der Waals surface area contributed by atoms with Gasteiger partial charge in [0.05, 0.1) is 12.7 Å². The van der Waals surface area contributed by atoms with E-state index in [-0.39, 0.29) is 18.0 Å². The van der Waals surface area contributed by atoms with E-state index in [1.165, 1.54) is 19.4 Å². The van der Waals surface area contributed by atoms with Crippen molar-refractivity contribution in [1.82, 2.24) is 4.98 Å². The smallest absolute Gasteiger partial charge is 0.340 e. The molecular formula is C17H17NO4. The predicted molar refractivity (Wildman–Crippen MR) is 81.2 cm³/mol. The summed E-state index contributed by atoms with van der Waals surface area (Å²) in [6.07, 6.45) is 2.26. The van der Waals surface area contributed by atoms with Gasteiger partial charge in [-0.15, -0.1) is 0 Å². The molecule has 5 nitrogen and oxygen atoms in total. The second-order valence-electron chi connectivity index (χ2n) is 4.64. The van der Waals surface area contributed by atoms with Crippen molar-refractivity contribution in [3.8, 4) is 5.88 Å². The van der Waals surface area contributed by atoms with Crippen LogP contribution in [0.25, 0.3) is 0 Å². The summed E-state index contributed by atoms with van der Waals surface area (Å²) in [5.41, 5.74) is 1.95. The Labute approximate surface area is 128 Å². The Bertz CT molecular complexity index is 588. The first-order valence-corrected chi connectivity index (χ1v) is 6.93. The number of pyridine rings is 1. The van der Waals surface area contributed by atoms with Crippen LogP contribution in [0.5, 0.6) is 5.88 Å². The fourth-order valence-electron chi connectivity index (χ4n) is 1.85. The molecule has 114 valence electrons. The van der Waals surface area contributed by atoms with Gasteiger partial charge in [0.1, 0.15) is 0 Å². The number of benzene rings is 1. The van der Waals surface area contributed by atoms with Crippen LogP contribution in [0.4, 0.5) is 0 Å². The highest BCUT2D eigenvalue weighted by Gasteiger charge is 2.12. The van der Waals surface area contributed by atoms with Crippen LogP contribution in [0.3, 0.4) is 0 Å². The average molecular weight is 299 g/mol. The topological polar surface area (TPSA) is 65.5 Å². The lowest BCUT2D eigenvalue weighted by atomic mass is 10.1. The molecule has 0 aliphatic carbocycles. The molecule has 22 heavy (non-hydrogen) atoms. The van der Waals surface area contributed by atoms with Crippen molar-refractivity contribution < 1.29 is 19.1 Å². The maximum atomic E-state index is 12.0. The number of rotatable bonds is 6. The first kappa shape index (κ1) is 15.7. The van der Waals surface area contributed by atoms with Gasteiger partial charge in [0.15, 0.2) is 12.4 Å². The number of hydrogen-bond donors (Lipinski definition) is 0. The highest BCUT2D eigenvalue weighted by Crippen LogP contribution is 2.09. The molecule has 0 saturated heterocycles. The van der Waals surface area contributed by atoms with Gasteiger partial charge in [0, 0.05) is 17.8 Å². The molecule has 0 spiro atoms. The largest absolute Gasteiger partial charge is 0.481 e. The minimum atomic E-state index is -0.589. The van der Waals surface area contributed by atoms with E-state index in [0.29, 0.717) is 11.4 Å². The molecule has 2 rings (SSSR count). The SMILES string of the molecule is CCc1ccc(C(=O)COC(=O)c2ccc(OC)nc2)cc1. The molecule has 0 fully saturated rings. The minimum absolute atomic E-state index is 0.238. The highest BCUT2D eigenvalue weighted by atomic mass is 16.5. The summed E-state index contributed by atoms with van der Waals surface area (Å²) in [6, 6.07) is 10.4. The molecule has 0 amide bonds. The Kier molecular flexibility index (Phi) is 5.25. The van der Waals surface area contributed by atoms with Gasteiger partial charge in [-0.3, -0.25) is 4.79 Å². The quantitative estimate of drug-likeness (QED) is 0.606. The van der Waals surface area contributed by atoms with E-state index in [1.807, 2.05) is 19.1 Å². The van der Waals surface area contributed by atoms with Crippen molar-refractivity contribution in [2.75, 3.05) is 13.7 Å². The number of esters is 1. The van der Waals surface area contributed by atoms with Gasteiger partial charge in [-0.25, -0.2) is 9.78 Å². The summed E-state index contributed by atoms with van der Waals surface area (Å²) in [4.78, 5) is 27.7. The first-order valence-electron chi connectivity index (χ1n) is 6.93. The molecule has 0 aliphatic heterocycles. The Hall–Kier alpha value is -2.69. The number of Topliss-reactive ketones (excluding diaryl/α,β-unsaturated/α-hetero) is 1. The van der Waals surface area contributed by atoms with Gasteiger partial charge in [-0.2, -0.15) is 0 Å². The number of nitrogens with zero attached hydrogens (tertiary/aromatic N) is 1. The summed E-state index contributed by atoms with van der Waals surface area (Å²) in [7, 11) is 1.49. The fraction of sp³-hybridized carbons (Fsp3) is 0.235. The van der Waals surface area contributed by atoms with Gasteiger partial charge in [-0.1, -0.05) is 31.2 Å². The van der Waals surface area contributed by atoms with E-state index in [0.717, 1.165) is 12.0 Å². The number of ketones is 1. The summed E-state index contributed by atoms with van der Waals surface area (Å²) >= 11 is 0. The normalized spacial score (nSPS) is 10.1. The van der Waals surface area contributed by atoms with Crippen molar-refractivity contribution in [3.05, 3.63) is 59.3 Å². The second-order valence-corrected chi connectivity index (χ2v) is 4.64. The van der Waals surface area contributed by atoms with Crippen LogP contribution in [-0.4, -0.2) is 30.5 Å². The van der Waals surface area contributed by atoms with Gasteiger partial charge < -0.3 is 9.47 Å². The number of aromatic nitrogens is 1. The lowest BCUT2D eigenvalue weighted by Gasteiger charge is -2.05. The molecule has 1 heterocycles. The molecule has 0 radical (unpaired) electrons.